The molecule has 0 bridgehead atoms. The maximum atomic E-state index is 13.4. The molecule has 9 nitrogen and oxygen atoms in total. The Hall–Kier alpha value is -3.05. The molecular formula is C21H23BrFN7O2. The highest BCUT2D eigenvalue weighted by Crippen LogP contribution is 2.20. The Balaban J connectivity index is 1.37. The summed E-state index contributed by atoms with van der Waals surface area (Å²) in [6.45, 7) is 4.89. The molecule has 11 heteroatoms. The lowest BCUT2D eigenvalue weighted by Crippen LogP contribution is -2.42. The van der Waals surface area contributed by atoms with Gasteiger partial charge in [0.25, 0.3) is 0 Å². The minimum atomic E-state index is -0.300. The normalized spacial score (nSPS) is 13.8. The third-order valence-electron chi connectivity index (χ3n) is 4.97. The van der Waals surface area contributed by atoms with Gasteiger partial charge in [0.15, 0.2) is 0 Å². The first-order valence-corrected chi connectivity index (χ1v) is 10.9. The van der Waals surface area contributed by atoms with Gasteiger partial charge >= 0.3 is 0 Å². The van der Waals surface area contributed by atoms with Crippen LogP contribution in [0.2, 0.25) is 0 Å². The van der Waals surface area contributed by atoms with Gasteiger partial charge in [-0.15, -0.1) is 0 Å². The van der Waals surface area contributed by atoms with Crippen molar-refractivity contribution in [2.75, 3.05) is 36.9 Å². The zero-order valence-electron chi connectivity index (χ0n) is 17.5. The summed E-state index contributed by atoms with van der Waals surface area (Å²) < 4.78 is 20.7. The van der Waals surface area contributed by atoms with Gasteiger partial charge in [-0.3, -0.25) is 9.48 Å². The first kappa shape index (κ1) is 22.2. The van der Waals surface area contributed by atoms with Gasteiger partial charge in [0, 0.05) is 37.6 Å². The highest BCUT2D eigenvalue weighted by Gasteiger charge is 2.17. The van der Waals surface area contributed by atoms with Crippen molar-refractivity contribution < 1.29 is 13.9 Å². The van der Waals surface area contributed by atoms with Crippen LogP contribution in [0.1, 0.15) is 11.1 Å². The summed E-state index contributed by atoms with van der Waals surface area (Å²) in [5.74, 6) is 0.773. The van der Waals surface area contributed by atoms with Crippen LogP contribution in [0.3, 0.4) is 0 Å². The van der Waals surface area contributed by atoms with Crippen LogP contribution >= 0.6 is 15.9 Å². The van der Waals surface area contributed by atoms with Crippen LogP contribution in [0.4, 0.5) is 21.8 Å². The summed E-state index contributed by atoms with van der Waals surface area (Å²) >= 11 is 3.20. The van der Waals surface area contributed by atoms with E-state index in [1.54, 1.807) is 40.3 Å². The molecule has 1 fully saturated rings. The molecule has 0 spiro atoms. The molecule has 1 amide bonds. The predicted molar refractivity (Wildman–Crippen MR) is 121 cm³/mol. The maximum absolute atomic E-state index is 13.4. The molecule has 2 aromatic heterocycles. The van der Waals surface area contributed by atoms with Gasteiger partial charge in [0.05, 0.1) is 29.6 Å². The molecule has 2 N–H and O–H groups in total. The zero-order valence-corrected chi connectivity index (χ0v) is 19.1. The van der Waals surface area contributed by atoms with Crippen molar-refractivity contribution in [2.45, 2.75) is 20.0 Å². The fourth-order valence-electron chi connectivity index (χ4n) is 3.21. The summed E-state index contributed by atoms with van der Waals surface area (Å²) in [4.78, 5) is 23.0. The van der Waals surface area contributed by atoms with Gasteiger partial charge in [-0.25, -0.2) is 9.37 Å². The van der Waals surface area contributed by atoms with Crippen LogP contribution in [0.15, 0.2) is 41.3 Å². The number of nitrogens with one attached hydrogen (secondary N) is 2. The van der Waals surface area contributed by atoms with Crippen LogP contribution in [-0.4, -0.2) is 56.9 Å². The second kappa shape index (κ2) is 10.0. The number of aromatic nitrogens is 4. The lowest BCUT2D eigenvalue weighted by molar-refractivity contribution is -0.136. The third kappa shape index (κ3) is 5.60. The molecule has 0 saturated carbocycles. The van der Waals surface area contributed by atoms with E-state index in [4.69, 9.17) is 4.74 Å². The summed E-state index contributed by atoms with van der Waals surface area (Å²) in [6.07, 6.45) is 5.08. The number of carbonyl (C=O) groups is 1. The molecule has 168 valence electrons. The monoisotopic (exact) mass is 503 g/mol. The summed E-state index contributed by atoms with van der Waals surface area (Å²) in [7, 11) is 0. The number of carbonyl (C=O) groups excluding carboxylic acids is 1. The Morgan fingerprint density at radius 1 is 1.28 bits per heavy atom. The molecule has 1 aliphatic heterocycles. The smallest absolute Gasteiger partial charge is 0.244 e. The fraction of sp³-hybridized carbons (Fsp3) is 0.333. The molecule has 4 rings (SSSR count). The molecule has 1 aliphatic rings. The second-order valence-electron chi connectivity index (χ2n) is 7.37. The highest BCUT2D eigenvalue weighted by atomic mass is 79.9. The number of benzene rings is 1. The summed E-state index contributed by atoms with van der Waals surface area (Å²) in [6, 6.07) is 4.86. The Labute approximate surface area is 193 Å². The van der Waals surface area contributed by atoms with Gasteiger partial charge in [-0.2, -0.15) is 10.1 Å². The largest absolute Gasteiger partial charge is 0.378 e. The number of rotatable bonds is 7. The van der Waals surface area contributed by atoms with Crippen molar-refractivity contribution in [3.8, 4) is 0 Å². The number of anilines is 3. The number of hydrogen-bond donors (Lipinski definition) is 2. The fourth-order valence-corrected chi connectivity index (χ4v) is 3.64. The van der Waals surface area contributed by atoms with E-state index in [-0.39, 0.29) is 18.3 Å². The number of halogens is 2. The number of aryl methyl sites for hydroxylation is 1. The van der Waals surface area contributed by atoms with Gasteiger partial charge in [-0.05, 0) is 40.5 Å². The summed E-state index contributed by atoms with van der Waals surface area (Å²) in [5.41, 5.74) is 2.47. The van der Waals surface area contributed by atoms with Crippen molar-refractivity contribution in [1.29, 1.82) is 0 Å². The van der Waals surface area contributed by atoms with E-state index in [1.165, 1.54) is 6.07 Å². The molecule has 1 aromatic carbocycles. The van der Waals surface area contributed by atoms with Crippen LogP contribution < -0.4 is 10.6 Å². The molecule has 1 saturated heterocycles. The maximum Gasteiger partial charge on any atom is 0.244 e. The molecule has 0 atom stereocenters. The molecular weight excluding hydrogens is 481 g/mol. The number of amides is 1. The van der Waals surface area contributed by atoms with E-state index in [9.17, 15) is 9.18 Å². The highest BCUT2D eigenvalue weighted by molar-refractivity contribution is 9.10. The number of nitrogens with zero attached hydrogens (tertiary/aromatic N) is 5. The first-order chi connectivity index (χ1) is 15.5. The van der Waals surface area contributed by atoms with Crippen LogP contribution in [0.25, 0.3) is 0 Å². The Morgan fingerprint density at radius 3 is 2.88 bits per heavy atom. The number of hydrogen-bond acceptors (Lipinski definition) is 7. The van der Waals surface area contributed by atoms with E-state index in [1.807, 2.05) is 6.92 Å². The molecule has 3 aromatic rings. The van der Waals surface area contributed by atoms with Crippen LogP contribution in [-0.2, 0) is 22.6 Å². The van der Waals surface area contributed by atoms with Gasteiger partial charge in [0.1, 0.15) is 18.2 Å². The topological polar surface area (TPSA) is 97.2 Å². The van der Waals surface area contributed by atoms with Gasteiger partial charge < -0.3 is 20.3 Å². The average molecular weight is 504 g/mol. The third-order valence-corrected chi connectivity index (χ3v) is 5.57. The van der Waals surface area contributed by atoms with Crippen LogP contribution in [0.5, 0.6) is 0 Å². The van der Waals surface area contributed by atoms with Crippen molar-refractivity contribution in [2.24, 2.45) is 0 Å². The predicted octanol–water partition coefficient (Wildman–Crippen LogP) is 3.10. The lowest BCUT2D eigenvalue weighted by Gasteiger charge is -2.26. The second-order valence-corrected chi connectivity index (χ2v) is 8.23. The van der Waals surface area contributed by atoms with E-state index in [0.29, 0.717) is 54.8 Å². The first-order valence-electron chi connectivity index (χ1n) is 10.1. The summed E-state index contributed by atoms with van der Waals surface area (Å²) in [5, 5.41) is 10.6. The van der Waals surface area contributed by atoms with E-state index in [2.05, 4.69) is 41.6 Å². The lowest BCUT2D eigenvalue weighted by atomic mass is 10.2. The van der Waals surface area contributed by atoms with Gasteiger partial charge in [0.2, 0.25) is 11.9 Å². The van der Waals surface area contributed by atoms with Crippen molar-refractivity contribution >= 4 is 39.3 Å². The number of ether oxygens (including phenoxy) is 1. The SMILES string of the molecule is Cc1cnc(Nc2cnn(CC(=O)N3CCOCC3)c2)nc1NCc1ccc(F)c(Br)c1. The van der Waals surface area contributed by atoms with Crippen molar-refractivity contribution in [3.05, 3.63) is 58.2 Å². The average Bonchev–Trinajstić information content (AvgIpc) is 3.23. The zero-order chi connectivity index (χ0) is 22.5. The Bertz CT molecular complexity index is 1100. The molecule has 0 unspecified atom stereocenters. The Kier molecular flexibility index (Phi) is 6.96. The minimum Gasteiger partial charge on any atom is -0.378 e. The molecule has 0 aliphatic carbocycles. The van der Waals surface area contributed by atoms with Crippen molar-refractivity contribution in [3.63, 3.8) is 0 Å². The minimum absolute atomic E-state index is 0.00783. The molecule has 32 heavy (non-hydrogen) atoms. The van der Waals surface area contributed by atoms with E-state index < -0.39 is 0 Å². The number of morpholine rings is 1. The quantitative estimate of drug-likeness (QED) is 0.511. The van der Waals surface area contributed by atoms with Crippen molar-refractivity contribution in [1.82, 2.24) is 24.6 Å². The van der Waals surface area contributed by atoms with Crippen LogP contribution in [0, 0.1) is 12.7 Å². The Morgan fingerprint density at radius 2 is 2.09 bits per heavy atom. The van der Waals surface area contributed by atoms with Gasteiger partial charge in [-0.1, -0.05) is 6.07 Å². The standard InChI is InChI=1S/C21H23BrFN7O2/c1-14-9-25-21(28-20(14)24-10-15-2-3-18(23)17(22)8-15)27-16-11-26-30(12-16)13-19(31)29-4-6-32-7-5-29/h2-3,8-9,11-12H,4-7,10,13H2,1H3,(H2,24,25,27,28). The van der Waals surface area contributed by atoms with E-state index in [0.717, 1.165) is 11.1 Å². The molecule has 0 radical (unpaired) electrons. The molecule has 3 heterocycles. The van der Waals surface area contributed by atoms with E-state index >= 15 is 0 Å².